The number of benzene rings is 2. The molecule has 10 nitrogen and oxygen atoms in total. The summed E-state index contributed by atoms with van der Waals surface area (Å²) in [5.41, 5.74) is 3.74. The molecule has 0 saturated carbocycles. The molecule has 1 aliphatic heterocycles. The second-order valence-electron chi connectivity index (χ2n) is 10.5. The Balaban J connectivity index is 1.50. The highest BCUT2D eigenvalue weighted by Gasteiger charge is 2.28. The molecular formula is C30H44N6O4S. The maximum atomic E-state index is 13.6. The number of aliphatic hydroxyl groups is 1. The summed E-state index contributed by atoms with van der Waals surface area (Å²) in [5, 5.41) is 25.2. The van der Waals surface area contributed by atoms with E-state index in [9.17, 15) is 19.0 Å². The molecule has 0 radical (unpaired) electrons. The Hall–Kier alpha value is -3.09. The quantitative estimate of drug-likeness (QED) is 0.163. The van der Waals surface area contributed by atoms with E-state index in [4.69, 9.17) is 0 Å². The Morgan fingerprint density at radius 2 is 1.90 bits per heavy atom. The molecule has 1 amide bonds. The van der Waals surface area contributed by atoms with Gasteiger partial charge in [-0.25, -0.2) is 0 Å². The number of aromatic nitrogens is 2. The first kappa shape index (κ1) is 30.9. The molecule has 0 spiro atoms. The summed E-state index contributed by atoms with van der Waals surface area (Å²) in [5.74, 6) is -0.0159. The van der Waals surface area contributed by atoms with Gasteiger partial charge in [-0.3, -0.25) is 22.9 Å². The summed E-state index contributed by atoms with van der Waals surface area (Å²) >= 11 is 0. The molecule has 3 aromatic rings. The van der Waals surface area contributed by atoms with Crippen molar-refractivity contribution in [1.29, 1.82) is 0 Å². The zero-order chi connectivity index (χ0) is 29.2. The van der Waals surface area contributed by atoms with Gasteiger partial charge in [0.1, 0.15) is 0 Å². The van der Waals surface area contributed by atoms with Crippen LogP contribution in [0.2, 0.25) is 0 Å². The number of aryl methyl sites for hydroxylation is 1. The van der Waals surface area contributed by atoms with E-state index in [1.54, 1.807) is 16.4 Å². The van der Waals surface area contributed by atoms with E-state index in [0.717, 1.165) is 42.6 Å². The van der Waals surface area contributed by atoms with Crippen LogP contribution in [0.25, 0.3) is 0 Å². The van der Waals surface area contributed by atoms with Crippen molar-refractivity contribution >= 4 is 28.1 Å². The highest BCUT2D eigenvalue weighted by molar-refractivity contribution is 8.25. The standard InChI is InChI=1S/C30H44N6O4S/c1-3-12-35-22-24(20-33-35)19-31-21-29(37)28(15-23-10-6-5-7-11-23)34-30(38)25-16-26(32-4-2)18-27(17-25)36-13-8-9-14-41(36,39)40/h5-7,10-11,16-18,20,22,28-29,31-32,37,39-40H,3-4,8-9,12-15,19,21H2,1-2H3,(H,34,38)/t28-,29+/m0/s1. The fraction of sp³-hybridized carbons (Fsp3) is 0.467. The van der Waals surface area contributed by atoms with Gasteiger partial charge in [-0.15, -0.1) is 10.8 Å². The fourth-order valence-electron chi connectivity index (χ4n) is 5.06. The summed E-state index contributed by atoms with van der Waals surface area (Å²) in [4.78, 5) is 13.6. The highest BCUT2D eigenvalue weighted by Crippen LogP contribution is 2.50. The summed E-state index contributed by atoms with van der Waals surface area (Å²) in [6, 6.07) is 14.5. The van der Waals surface area contributed by atoms with Gasteiger partial charge in [-0.2, -0.15) is 5.10 Å². The van der Waals surface area contributed by atoms with Crippen molar-refractivity contribution in [3.05, 3.63) is 77.6 Å². The van der Waals surface area contributed by atoms with Crippen molar-refractivity contribution in [3.63, 3.8) is 0 Å². The average molecular weight is 585 g/mol. The Morgan fingerprint density at radius 3 is 2.63 bits per heavy atom. The second kappa shape index (κ2) is 14.7. The van der Waals surface area contributed by atoms with Gasteiger partial charge in [0.2, 0.25) is 0 Å². The Bertz CT molecular complexity index is 1250. The molecule has 0 aliphatic carbocycles. The molecule has 0 bridgehead atoms. The Morgan fingerprint density at radius 1 is 1.10 bits per heavy atom. The zero-order valence-electron chi connectivity index (χ0n) is 24.0. The number of carbonyl (C=O) groups is 1. The van der Waals surface area contributed by atoms with Crippen molar-refractivity contribution in [3.8, 4) is 0 Å². The lowest BCUT2D eigenvalue weighted by molar-refractivity contribution is 0.0830. The molecule has 11 heteroatoms. The Kier molecular flexibility index (Phi) is 11.1. The minimum atomic E-state index is -2.94. The Labute approximate surface area is 244 Å². The predicted molar refractivity (Wildman–Crippen MR) is 167 cm³/mol. The van der Waals surface area contributed by atoms with Gasteiger partial charge in [0.05, 0.1) is 29.8 Å². The molecule has 1 aromatic heterocycles. The lowest BCUT2D eigenvalue weighted by Crippen LogP contribution is -2.48. The molecule has 0 unspecified atom stereocenters. The predicted octanol–water partition coefficient (Wildman–Crippen LogP) is 4.48. The van der Waals surface area contributed by atoms with Crippen LogP contribution in [0.15, 0.2) is 60.9 Å². The minimum absolute atomic E-state index is 0.286. The number of hydrogen-bond acceptors (Lipinski definition) is 8. The summed E-state index contributed by atoms with van der Waals surface area (Å²) in [6.07, 6.45) is 6.04. The first-order valence-electron chi connectivity index (χ1n) is 14.5. The number of amides is 1. The fourth-order valence-corrected chi connectivity index (χ4v) is 6.73. The van der Waals surface area contributed by atoms with E-state index in [2.05, 4.69) is 28.0 Å². The van der Waals surface area contributed by atoms with Crippen molar-refractivity contribution < 1.29 is 19.0 Å². The van der Waals surface area contributed by atoms with Crippen LogP contribution in [0.4, 0.5) is 11.4 Å². The summed E-state index contributed by atoms with van der Waals surface area (Å²) < 4.78 is 25.0. The zero-order valence-corrected chi connectivity index (χ0v) is 24.8. The van der Waals surface area contributed by atoms with E-state index < -0.39 is 22.9 Å². The monoisotopic (exact) mass is 584 g/mol. The molecule has 224 valence electrons. The molecule has 41 heavy (non-hydrogen) atoms. The van der Waals surface area contributed by atoms with Crippen LogP contribution in [0.3, 0.4) is 0 Å². The normalized spacial score (nSPS) is 17.0. The van der Waals surface area contributed by atoms with E-state index in [-0.39, 0.29) is 12.5 Å². The van der Waals surface area contributed by atoms with Crippen LogP contribution in [0.5, 0.6) is 0 Å². The van der Waals surface area contributed by atoms with Crippen molar-refractivity contribution in [2.75, 3.05) is 35.0 Å². The molecule has 1 saturated heterocycles. The van der Waals surface area contributed by atoms with Crippen LogP contribution < -0.4 is 20.3 Å². The number of rotatable bonds is 14. The smallest absolute Gasteiger partial charge is 0.251 e. The van der Waals surface area contributed by atoms with Gasteiger partial charge in [-0.1, -0.05) is 37.3 Å². The van der Waals surface area contributed by atoms with Crippen LogP contribution in [0, 0.1) is 0 Å². The van der Waals surface area contributed by atoms with E-state index in [1.807, 2.05) is 60.4 Å². The topological polar surface area (TPSA) is 135 Å². The molecule has 6 N–H and O–H groups in total. The number of carbonyl (C=O) groups excluding carboxylic acids is 1. The third-order valence-electron chi connectivity index (χ3n) is 7.13. The van der Waals surface area contributed by atoms with Gasteiger partial charge in [0.25, 0.3) is 5.91 Å². The number of hydrogen-bond donors (Lipinski definition) is 6. The molecule has 4 rings (SSSR count). The molecular weight excluding hydrogens is 540 g/mol. The van der Waals surface area contributed by atoms with E-state index in [1.165, 1.54) is 0 Å². The highest BCUT2D eigenvalue weighted by atomic mass is 32.3. The second-order valence-corrected chi connectivity index (χ2v) is 12.6. The van der Waals surface area contributed by atoms with Crippen molar-refractivity contribution in [2.24, 2.45) is 0 Å². The van der Waals surface area contributed by atoms with Crippen LogP contribution in [-0.4, -0.2) is 67.4 Å². The molecule has 1 aliphatic rings. The van der Waals surface area contributed by atoms with E-state index in [0.29, 0.717) is 43.1 Å². The van der Waals surface area contributed by atoms with Crippen LogP contribution in [-0.2, 0) is 19.5 Å². The van der Waals surface area contributed by atoms with Crippen molar-refractivity contribution in [2.45, 2.75) is 64.8 Å². The third kappa shape index (κ3) is 8.70. The van der Waals surface area contributed by atoms with Gasteiger partial charge in [0.15, 0.2) is 0 Å². The van der Waals surface area contributed by atoms with Gasteiger partial charge in [-0.05, 0) is 56.4 Å². The molecule has 2 atom stereocenters. The maximum absolute atomic E-state index is 13.6. The minimum Gasteiger partial charge on any atom is -0.390 e. The van der Waals surface area contributed by atoms with E-state index >= 15 is 0 Å². The number of aliphatic hydroxyl groups excluding tert-OH is 1. The van der Waals surface area contributed by atoms with Crippen LogP contribution >= 0.6 is 10.8 Å². The van der Waals surface area contributed by atoms with Gasteiger partial charge < -0.3 is 21.1 Å². The first-order chi connectivity index (χ1) is 19.8. The average Bonchev–Trinajstić information content (AvgIpc) is 3.40. The number of anilines is 2. The summed E-state index contributed by atoms with van der Waals surface area (Å²) in [7, 11) is -2.94. The van der Waals surface area contributed by atoms with Crippen LogP contribution in [0.1, 0.15) is 54.6 Å². The molecule has 2 aromatic carbocycles. The lowest BCUT2D eigenvalue weighted by Gasteiger charge is -2.47. The molecule has 1 fully saturated rings. The van der Waals surface area contributed by atoms with Crippen molar-refractivity contribution in [1.82, 2.24) is 20.4 Å². The lowest BCUT2D eigenvalue weighted by atomic mass is 10.00. The first-order valence-corrected chi connectivity index (χ1v) is 16.1. The maximum Gasteiger partial charge on any atom is 0.251 e. The summed E-state index contributed by atoms with van der Waals surface area (Å²) in [6.45, 7) is 6.94. The largest absolute Gasteiger partial charge is 0.390 e. The molecule has 2 heterocycles. The SMILES string of the molecule is CCCn1cc(CNC[C@@H](O)[C@H](Cc2ccccc2)NC(=O)c2cc(NCC)cc(N3CCCCS3(O)O)c2)cn1. The number of nitrogens with zero attached hydrogens (tertiary/aromatic N) is 3. The third-order valence-corrected chi connectivity index (χ3v) is 9.07. The van der Waals surface area contributed by atoms with Gasteiger partial charge in [0, 0.05) is 55.7 Å². The van der Waals surface area contributed by atoms with Gasteiger partial charge >= 0.3 is 0 Å². The number of nitrogens with one attached hydrogen (secondary N) is 3.